The van der Waals surface area contributed by atoms with Crippen molar-refractivity contribution in [2.45, 2.75) is 44.3 Å². The van der Waals surface area contributed by atoms with Crippen molar-refractivity contribution in [3.05, 3.63) is 53.9 Å². The van der Waals surface area contributed by atoms with Gasteiger partial charge in [0.25, 0.3) is 5.91 Å². The molecule has 1 atom stereocenters. The molecule has 2 aliphatic rings. The van der Waals surface area contributed by atoms with Crippen LogP contribution in [0.5, 0.6) is 0 Å². The first-order valence-electron chi connectivity index (χ1n) is 9.28. The van der Waals surface area contributed by atoms with Gasteiger partial charge in [0.2, 0.25) is 0 Å². The molecule has 0 N–H and O–H groups in total. The van der Waals surface area contributed by atoms with Crippen LogP contribution in [0.3, 0.4) is 0 Å². The normalized spacial score (nSPS) is 21.2. The lowest BCUT2D eigenvalue weighted by Gasteiger charge is -2.35. The summed E-state index contributed by atoms with van der Waals surface area (Å²) in [6.07, 6.45) is 8.86. The topological polar surface area (TPSA) is 41.4 Å². The van der Waals surface area contributed by atoms with Crippen molar-refractivity contribution in [2.24, 2.45) is 0 Å². The van der Waals surface area contributed by atoms with E-state index < -0.39 is 0 Å². The minimum absolute atomic E-state index is 0.131. The van der Waals surface area contributed by atoms with Crippen LogP contribution in [0.4, 0.5) is 0 Å². The van der Waals surface area contributed by atoms with E-state index in [1.54, 1.807) is 6.20 Å². The first-order chi connectivity index (χ1) is 12.2. The van der Waals surface area contributed by atoms with Gasteiger partial charge in [0.05, 0.1) is 6.54 Å². The first kappa shape index (κ1) is 16.3. The molecule has 25 heavy (non-hydrogen) atoms. The zero-order valence-electron chi connectivity index (χ0n) is 14.8. The smallest absolute Gasteiger partial charge is 0.253 e. The molecule has 2 aromatic rings. The van der Waals surface area contributed by atoms with Crippen LogP contribution >= 0.6 is 0 Å². The van der Waals surface area contributed by atoms with E-state index in [0.29, 0.717) is 6.04 Å². The summed E-state index contributed by atoms with van der Waals surface area (Å²) in [5.74, 6) is 0.131. The lowest BCUT2D eigenvalue weighted by Crippen LogP contribution is -2.43. The standard InChI is InChI=1S/C20H26N4O/c1-22(19-10-13-23(15-19)18-4-2-5-18)20(25)17-8-6-16(7-9-17)14-24-12-3-11-21-24/h3,6-9,11-12,18-19H,2,4-5,10,13-15H2,1H3/t19-/m1/s1. The van der Waals surface area contributed by atoms with Gasteiger partial charge < -0.3 is 4.90 Å². The molecule has 5 heteroatoms. The Kier molecular flexibility index (Phi) is 4.57. The fraction of sp³-hybridized carbons (Fsp3) is 0.500. The highest BCUT2D eigenvalue weighted by Gasteiger charge is 2.34. The Morgan fingerprint density at radius 1 is 1.24 bits per heavy atom. The molecule has 1 aliphatic carbocycles. The van der Waals surface area contributed by atoms with Gasteiger partial charge in [0.1, 0.15) is 0 Å². The van der Waals surface area contributed by atoms with Gasteiger partial charge in [-0.05, 0) is 43.0 Å². The second-order valence-electron chi connectivity index (χ2n) is 7.34. The van der Waals surface area contributed by atoms with Crippen molar-refractivity contribution in [2.75, 3.05) is 20.1 Å². The number of carbonyl (C=O) groups is 1. The maximum atomic E-state index is 12.8. The summed E-state index contributed by atoms with van der Waals surface area (Å²) in [6.45, 7) is 2.90. The Hall–Kier alpha value is -2.14. The number of carbonyl (C=O) groups excluding carboxylic acids is 1. The van der Waals surface area contributed by atoms with E-state index in [0.717, 1.165) is 43.2 Å². The molecule has 1 saturated carbocycles. The van der Waals surface area contributed by atoms with Gasteiger partial charge in [-0.25, -0.2) is 0 Å². The number of benzene rings is 1. The van der Waals surface area contributed by atoms with Gasteiger partial charge in [-0.15, -0.1) is 0 Å². The molecule has 1 aliphatic heterocycles. The van der Waals surface area contributed by atoms with Gasteiger partial charge in [-0.2, -0.15) is 5.10 Å². The number of likely N-dealkylation sites (N-methyl/N-ethyl adjacent to an activating group) is 1. The average molecular weight is 338 g/mol. The summed E-state index contributed by atoms with van der Waals surface area (Å²) in [4.78, 5) is 17.3. The highest BCUT2D eigenvalue weighted by atomic mass is 16.2. The maximum Gasteiger partial charge on any atom is 0.253 e. The molecule has 1 saturated heterocycles. The van der Waals surface area contributed by atoms with Gasteiger partial charge in [-0.1, -0.05) is 18.6 Å². The van der Waals surface area contributed by atoms with Crippen LogP contribution in [-0.2, 0) is 6.54 Å². The fourth-order valence-electron chi connectivity index (χ4n) is 3.87. The van der Waals surface area contributed by atoms with E-state index in [4.69, 9.17) is 0 Å². The second kappa shape index (κ2) is 7.00. The van der Waals surface area contributed by atoms with Crippen molar-refractivity contribution in [3.8, 4) is 0 Å². The highest BCUT2D eigenvalue weighted by molar-refractivity contribution is 5.94. The Labute approximate surface area is 149 Å². The average Bonchev–Trinajstić information content (AvgIpc) is 3.25. The monoisotopic (exact) mass is 338 g/mol. The van der Waals surface area contributed by atoms with Crippen LogP contribution < -0.4 is 0 Å². The molecule has 4 rings (SSSR count). The minimum Gasteiger partial charge on any atom is -0.337 e. The van der Waals surface area contributed by atoms with Crippen LogP contribution in [0.1, 0.15) is 41.6 Å². The number of hydrogen-bond acceptors (Lipinski definition) is 3. The third-order valence-electron chi connectivity index (χ3n) is 5.76. The van der Waals surface area contributed by atoms with Crippen molar-refractivity contribution in [3.63, 3.8) is 0 Å². The fourth-order valence-corrected chi connectivity index (χ4v) is 3.87. The van der Waals surface area contributed by atoms with Gasteiger partial charge in [0, 0.05) is 50.2 Å². The molecule has 0 bridgehead atoms. The summed E-state index contributed by atoms with van der Waals surface area (Å²) in [5, 5.41) is 4.22. The Morgan fingerprint density at radius 2 is 2.04 bits per heavy atom. The molecule has 5 nitrogen and oxygen atoms in total. The molecule has 0 unspecified atom stereocenters. The molecular formula is C20H26N4O. The van der Waals surface area contributed by atoms with Crippen LogP contribution in [-0.4, -0.2) is 57.7 Å². The summed E-state index contributed by atoms with van der Waals surface area (Å²) >= 11 is 0. The molecule has 0 radical (unpaired) electrons. The van der Waals surface area contributed by atoms with Crippen LogP contribution in [0.2, 0.25) is 0 Å². The highest BCUT2D eigenvalue weighted by Crippen LogP contribution is 2.29. The predicted molar refractivity (Wildman–Crippen MR) is 97.5 cm³/mol. The molecular weight excluding hydrogens is 312 g/mol. The van der Waals surface area contributed by atoms with Crippen molar-refractivity contribution < 1.29 is 4.79 Å². The zero-order chi connectivity index (χ0) is 17.2. The van der Waals surface area contributed by atoms with Crippen molar-refractivity contribution in [1.82, 2.24) is 19.6 Å². The lowest BCUT2D eigenvalue weighted by atomic mass is 9.92. The van der Waals surface area contributed by atoms with Crippen LogP contribution in [0, 0.1) is 0 Å². The lowest BCUT2D eigenvalue weighted by molar-refractivity contribution is 0.0720. The summed E-state index contributed by atoms with van der Waals surface area (Å²) in [6, 6.07) is 11.0. The quantitative estimate of drug-likeness (QED) is 0.841. The molecule has 1 amide bonds. The Bertz CT molecular complexity index is 706. The Morgan fingerprint density at radius 3 is 2.68 bits per heavy atom. The number of hydrogen-bond donors (Lipinski definition) is 0. The molecule has 2 fully saturated rings. The zero-order valence-corrected chi connectivity index (χ0v) is 14.8. The molecule has 1 aromatic heterocycles. The summed E-state index contributed by atoms with van der Waals surface area (Å²) in [5.41, 5.74) is 1.92. The number of likely N-dealkylation sites (tertiary alicyclic amines) is 1. The van der Waals surface area contributed by atoms with E-state index >= 15 is 0 Å². The minimum atomic E-state index is 0.131. The number of aromatic nitrogens is 2. The molecule has 1 aromatic carbocycles. The maximum absolute atomic E-state index is 12.8. The molecule has 0 spiro atoms. The molecule has 2 heterocycles. The van der Waals surface area contributed by atoms with Gasteiger partial charge >= 0.3 is 0 Å². The number of amides is 1. The van der Waals surface area contributed by atoms with Gasteiger partial charge in [0.15, 0.2) is 0 Å². The first-order valence-corrected chi connectivity index (χ1v) is 9.28. The Balaban J connectivity index is 1.36. The number of nitrogens with zero attached hydrogens (tertiary/aromatic N) is 4. The second-order valence-corrected chi connectivity index (χ2v) is 7.34. The van der Waals surface area contributed by atoms with Crippen LogP contribution in [0.25, 0.3) is 0 Å². The summed E-state index contributed by atoms with van der Waals surface area (Å²) in [7, 11) is 1.95. The van der Waals surface area contributed by atoms with Crippen molar-refractivity contribution in [1.29, 1.82) is 0 Å². The largest absolute Gasteiger partial charge is 0.337 e. The third kappa shape index (κ3) is 3.47. The number of rotatable bonds is 5. The van der Waals surface area contributed by atoms with E-state index in [9.17, 15) is 4.79 Å². The van der Waals surface area contributed by atoms with Crippen molar-refractivity contribution >= 4 is 5.91 Å². The SMILES string of the molecule is CN(C(=O)c1ccc(Cn2cccn2)cc1)[C@@H]1CCN(C2CCC2)C1. The summed E-state index contributed by atoms with van der Waals surface area (Å²) < 4.78 is 1.89. The van der Waals surface area contributed by atoms with E-state index in [-0.39, 0.29) is 5.91 Å². The van der Waals surface area contributed by atoms with Gasteiger partial charge in [-0.3, -0.25) is 14.4 Å². The predicted octanol–water partition coefficient (Wildman–Crippen LogP) is 2.63. The molecule has 132 valence electrons. The van der Waals surface area contributed by atoms with E-state index in [1.165, 1.54) is 19.3 Å². The third-order valence-corrected chi connectivity index (χ3v) is 5.76. The van der Waals surface area contributed by atoms with Crippen LogP contribution in [0.15, 0.2) is 42.7 Å². The van der Waals surface area contributed by atoms with E-state index in [1.807, 2.05) is 53.2 Å². The van der Waals surface area contributed by atoms with E-state index in [2.05, 4.69) is 10.00 Å².